The van der Waals surface area contributed by atoms with Gasteiger partial charge in [0.25, 0.3) is 0 Å². The molecule has 0 aromatic heterocycles. The Morgan fingerprint density at radius 2 is 1.53 bits per heavy atom. The number of carboxylic acids is 1. The third-order valence-electron chi connectivity index (χ3n) is 5.14. The van der Waals surface area contributed by atoms with E-state index in [0.29, 0.717) is 23.3 Å². The molecule has 0 radical (unpaired) electrons. The lowest BCUT2D eigenvalue weighted by molar-refractivity contribution is 0.0696. The fourth-order valence-electron chi connectivity index (χ4n) is 3.47. The highest BCUT2D eigenvalue weighted by Gasteiger charge is 2.21. The maximum Gasteiger partial charge on any atom is 0.335 e. The summed E-state index contributed by atoms with van der Waals surface area (Å²) in [6.07, 6.45) is 0.343. The van der Waals surface area contributed by atoms with E-state index in [1.807, 2.05) is 65.0 Å². The number of aromatic hydroxyl groups is 1. The second-order valence-electron chi connectivity index (χ2n) is 9.12. The van der Waals surface area contributed by atoms with E-state index in [-0.39, 0.29) is 29.1 Å². The topological polar surface area (TPSA) is 83.8 Å². The Bertz CT molecular complexity index is 1160. The number of ketones is 1. The van der Waals surface area contributed by atoms with Crippen LogP contribution in [0.15, 0.2) is 60.7 Å². The molecule has 180 valence electrons. The van der Waals surface area contributed by atoms with Gasteiger partial charge in [0.1, 0.15) is 18.1 Å². The minimum Gasteiger partial charge on any atom is -0.507 e. The Labute approximate surface area is 202 Å². The predicted molar refractivity (Wildman–Crippen MR) is 136 cm³/mol. The molecule has 3 aromatic carbocycles. The summed E-state index contributed by atoms with van der Waals surface area (Å²) in [6, 6.07) is 17.8. The molecule has 0 atom stereocenters. The highest BCUT2D eigenvalue weighted by Crippen LogP contribution is 2.33. The smallest absolute Gasteiger partial charge is 0.335 e. The molecule has 5 nitrogen and oxygen atoms in total. The van der Waals surface area contributed by atoms with Crippen molar-refractivity contribution in [3.05, 3.63) is 82.9 Å². The number of carboxylic acid groups (broad SMARTS) is 1. The minimum absolute atomic E-state index is 0.0454. The molecule has 0 saturated carbocycles. The summed E-state index contributed by atoms with van der Waals surface area (Å²) in [7, 11) is 0. The van der Waals surface area contributed by atoms with E-state index in [0.717, 1.165) is 16.7 Å². The molecule has 0 amide bonds. The highest BCUT2D eigenvalue weighted by atomic mass is 16.5. The lowest BCUT2D eigenvalue weighted by atomic mass is 9.87. The normalized spacial score (nSPS) is 10.8. The maximum absolute atomic E-state index is 12.5. The molecule has 0 aliphatic heterocycles. The van der Waals surface area contributed by atoms with E-state index in [1.54, 1.807) is 37.3 Å². The Balaban J connectivity index is 0.00000199. The number of benzene rings is 3. The van der Waals surface area contributed by atoms with Crippen LogP contribution in [0.5, 0.6) is 11.5 Å². The lowest BCUT2D eigenvalue weighted by Crippen LogP contribution is -2.13. The van der Waals surface area contributed by atoms with Crippen molar-refractivity contribution in [3.8, 4) is 22.6 Å². The fraction of sp³-hybridized carbons (Fsp3) is 0.310. The molecule has 0 fully saturated rings. The highest BCUT2D eigenvalue weighted by molar-refractivity contribution is 5.99. The van der Waals surface area contributed by atoms with Crippen molar-refractivity contribution in [2.24, 2.45) is 5.41 Å². The summed E-state index contributed by atoms with van der Waals surface area (Å²) in [5.41, 5.74) is 3.49. The molecular formula is C29H34O5. The van der Waals surface area contributed by atoms with Crippen molar-refractivity contribution in [1.29, 1.82) is 0 Å². The van der Waals surface area contributed by atoms with Crippen LogP contribution in [0.25, 0.3) is 11.1 Å². The van der Waals surface area contributed by atoms with Gasteiger partial charge in [0.15, 0.2) is 5.78 Å². The first-order chi connectivity index (χ1) is 16.0. The summed E-state index contributed by atoms with van der Waals surface area (Å²) in [5, 5.41) is 19.8. The average molecular weight is 463 g/mol. The third kappa shape index (κ3) is 6.95. The summed E-state index contributed by atoms with van der Waals surface area (Å²) in [5.74, 6) is -0.601. The van der Waals surface area contributed by atoms with Gasteiger partial charge in [-0.1, -0.05) is 65.0 Å². The zero-order valence-electron chi connectivity index (χ0n) is 20.8. The molecule has 0 unspecified atom stereocenters. The monoisotopic (exact) mass is 462 g/mol. The molecule has 5 heteroatoms. The van der Waals surface area contributed by atoms with Gasteiger partial charge in [0, 0.05) is 12.0 Å². The number of hydrogen-bond acceptors (Lipinski definition) is 4. The predicted octanol–water partition coefficient (Wildman–Crippen LogP) is 7.29. The van der Waals surface area contributed by atoms with Crippen LogP contribution in [0.4, 0.5) is 0 Å². The summed E-state index contributed by atoms with van der Waals surface area (Å²) in [4.78, 5) is 23.8. The third-order valence-corrected chi connectivity index (χ3v) is 5.14. The van der Waals surface area contributed by atoms with E-state index in [4.69, 9.17) is 4.74 Å². The van der Waals surface area contributed by atoms with Crippen LogP contribution in [-0.2, 0) is 6.61 Å². The van der Waals surface area contributed by atoms with Gasteiger partial charge in [-0.15, -0.1) is 0 Å². The van der Waals surface area contributed by atoms with Crippen LogP contribution in [0, 0.1) is 12.3 Å². The van der Waals surface area contributed by atoms with Gasteiger partial charge in [-0.3, -0.25) is 4.79 Å². The van der Waals surface area contributed by atoms with Crippen molar-refractivity contribution in [2.45, 2.75) is 54.6 Å². The number of aromatic carboxylic acids is 1. The van der Waals surface area contributed by atoms with Crippen LogP contribution in [0.1, 0.15) is 72.9 Å². The zero-order valence-corrected chi connectivity index (χ0v) is 20.8. The molecule has 0 heterocycles. The number of ether oxygens (including phenoxy) is 1. The first kappa shape index (κ1) is 26.7. The van der Waals surface area contributed by atoms with Gasteiger partial charge < -0.3 is 14.9 Å². The SMILES string of the molecule is CC.Cc1c(OCc2cccc(-c3cccc(C(=O)O)c3)c2)ccc(C(=O)CC(C)(C)C)c1O. The van der Waals surface area contributed by atoms with Crippen LogP contribution in [-0.4, -0.2) is 22.0 Å². The van der Waals surface area contributed by atoms with Crippen molar-refractivity contribution in [1.82, 2.24) is 0 Å². The number of phenolic OH excluding ortho intramolecular Hbond substituents is 1. The molecule has 0 bridgehead atoms. The number of carbonyl (C=O) groups is 2. The molecular weight excluding hydrogens is 428 g/mol. The second-order valence-corrected chi connectivity index (χ2v) is 9.12. The molecule has 0 spiro atoms. The molecule has 3 aromatic rings. The van der Waals surface area contributed by atoms with Crippen molar-refractivity contribution in [3.63, 3.8) is 0 Å². The zero-order chi connectivity index (χ0) is 25.5. The maximum atomic E-state index is 12.5. The van der Waals surface area contributed by atoms with Crippen molar-refractivity contribution in [2.75, 3.05) is 0 Å². The van der Waals surface area contributed by atoms with Gasteiger partial charge in [0.2, 0.25) is 0 Å². The number of phenols is 1. The van der Waals surface area contributed by atoms with Gasteiger partial charge >= 0.3 is 5.97 Å². The van der Waals surface area contributed by atoms with Crippen molar-refractivity contribution >= 4 is 11.8 Å². The van der Waals surface area contributed by atoms with Crippen LogP contribution >= 0.6 is 0 Å². The average Bonchev–Trinajstić information content (AvgIpc) is 2.80. The van der Waals surface area contributed by atoms with E-state index in [1.165, 1.54) is 0 Å². The van der Waals surface area contributed by atoms with Crippen LogP contribution < -0.4 is 4.74 Å². The first-order valence-electron chi connectivity index (χ1n) is 11.5. The number of carbonyl (C=O) groups excluding carboxylic acids is 1. The lowest BCUT2D eigenvalue weighted by Gasteiger charge is -2.18. The van der Waals surface area contributed by atoms with Crippen LogP contribution in [0.3, 0.4) is 0 Å². The summed E-state index contributed by atoms with van der Waals surface area (Å²) < 4.78 is 5.93. The fourth-order valence-corrected chi connectivity index (χ4v) is 3.47. The summed E-state index contributed by atoms with van der Waals surface area (Å²) in [6.45, 7) is 11.9. The Morgan fingerprint density at radius 1 is 0.912 bits per heavy atom. The Hall–Kier alpha value is -3.60. The first-order valence-corrected chi connectivity index (χ1v) is 11.5. The standard InChI is InChI=1S/C27H28O5.C2H6/c1-17-24(12-11-22(25(17)29)23(28)15-27(2,3)4)32-16-18-7-5-8-19(13-18)20-9-6-10-21(14-20)26(30)31;1-2/h5-14,29H,15-16H2,1-4H3,(H,30,31);1-2H3. The number of Topliss-reactive ketones (excluding diaryl/α,β-unsaturated/α-hetero) is 1. The molecule has 3 rings (SSSR count). The number of rotatable bonds is 7. The minimum atomic E-state index is -0.967. The van der Waals surface area contributed by atoms with Gasteiger partial charge in [0.05, 0.1) is 11.1 Å². The summed E-state index contributed by atoms with van der Waals surface area (Å²) >= 11 is 0. The molecule has 0 saturated heterocycles. The van der Waals surface area contributed by atoms with E-state index >= 15 is 0 Å². The number of hydrogen-bond donors (Lipinski definition) is 2. The van der Waals surface area contributed by atoms with Gasteiger partial charge in [-0.25, -0.2) is 4.79 Å². The largest absolute Gasteiger partial charge is 0.507 e. The van der Waals surface area contributed by atoms with E-state index in [2.05, 4.69) is 0 Å². The Kier molecular flexibility index (Phi) is 9.02. The molecule has 0 aliphatic rings. The van der Waals surface area contributed by atoms with E-state index in [9.17, 15) is 19.8 Å². The molecule has 2 N–H and O–H groups in total. The van der Waals surface area contributed by atoms with Gasteiger partial charge in [-0.2, -0.15) is 0 Å². The Morgan fingerprint density at radius 3 is 2.15 bits per heavy atom. The van der Waals surface area contributed by atoms with E-state index < -0.39 is 5.97 Å². The molecule has 0 aliphatic carbocycles. The second kappa shape index (κ2) is 11.5. The van der Waals surface area contributed by atoms with Gasteiger partial charge in [-0.05, 0) is 59.4 Å². The quantitative estimate of drug-likeness (QED) is 0.360. The van der Waals surface area contributed by atoms with Crippen molar-refractivity contribution < 1.29 is 24.5 Å². The van der Waals surface area contributed by atoms with Crippen LogP contribution in [0.2, 0.25) is 0 Å². The molecule has 34 heavy (non-hydrogen) atoms.